The fourth-order valence-electron chi connectivity index (χ4n) is 4.25. The third-order valence-corrected chi connectivity index (χ3v) is 7.20. The topological polar surface area (TPSA) is 102 Å². The molecule has 0 saturated heterocycles. The van der Waals surface area contributed by atoms with E-state index in [-0.39, 0.29) is 18.4 Å². The van der Waals surface area contributed by atoms with Gasteiger partial charge in [-0.15, -0.1) is 21.5 Å². The summed E-state index contributed by atoms with van der Waals surface area (Å²) in [5.74, 6) is 1.90. The predicted molar refractivity (Wildman–Crippen MR) is 132 cm³/mol. The molecule has 5 rings (SSSR count). The van der Waals surface area contributed by atoms with Gasteiger partial charge in [-0.05, 0) is 24.3 Å². The van der Waals surface area contributed by atoms with Crippen molar-refractivity contribution in [2.45, 2.75) is 32.4 Å². The van der Waals surface area contributed by atoms with Gasteiger partial charge in [-0.25, -0.2) is 4.98 Å². The molecule has 2 aromatic heterocycles. The van der Waals surface area contributed by atoms with E-state index >= 15 is 0 Å². The molecule has 0 bridgehead atoms. The monoisotopic (exact) mass is 490 g/mol. The Labute approximate surface area is 206 Å². The van der Waals surface area contributed by atoms with Crippen LogP contribution in [0.4, 0.5) is 0 Å². The molecule has 0 fully saturated rings. The number of thiazole rings is 1. The van der Waals surface area contributed by atoms with Crippen molar-refractivity contribution in [3.63, 3.8) is 0 Å². The van der Waals surface area contributed by atoms with Crippen LogP contribution in [0.25, 0.3) is 10.2 Å². The predicted octanol–water partition coefficient (Wildman–Crippen LogP) is 2.84. The lowest BCUT2D eigenvalue weighted by atomic mass is 10.2. The molecule has 35 heavy (non-hydrogen) atoms. The van der Waals surface area contributed by atoms with E-state index in [1.54, 1.807) is 29.5 Å². The number of hydrogen-bond donors (Lipinski definition) is 1. The van der Waals surface area contributed by atoms with Crippen LogP contribution in [0.1, 0.15) is 33.4 Å². The Bertz CT molecular complexity index is 1330. The number of benzene rings is 2. The molecule has 1 aliphatic heterocycles. The maximum absolute atomic E-state index is 12.9. The SMILES string of the molecule is COc1ccccc1C(=O)NCc1nnc2n1CCN(C(=O)CCc1nc3ccccc3s1)CC2. The summed E-state index contributed by atoms with van der Waals surface area (Å²) in [6.07, 6.45) is 1.70. The molecular formula is C25H26N6O3S. The zero-order valence-electron chi connectivity index (χ0n) is 19.4. The second kappa shape index (κ2) is 10.2. The number of nitrogens with zero attached hydrogens (tertiary/aromatic N) is 5. The summed E-state index contributed by atoms with van der Waals surface area (Å²) in [4.78, 5) is 32.1. The van der Waals surface area contributed by atoms with Crippen LogP contribution in [-0.2, 0) is 30.7 Å². The first-order chi connectivity index (χ1) is 17.1. The molecular weight excluding hydrogens is 464 g/mol. The zero-order valence-corrected chi connectivity index (χ0v) is 20.3. The van der Waals surface area contributed by atoms with Crippen LogP contribution in [0.2, 0.25) is 0 Å². The molecule has 9 nitrogen and oxygen atoms in total. The van der Waals surface area contributed by atoms with Crippen molar-refractivity contribution in [2.24, 2.45) is 0 Å². The Balaban J connectivity index is 1.17. The van der Waals surface area contributed by atoms with Crippen LogP contribution >= 0.6 is 11.3 Å². The molecule has 1 N–H and O–H groups in total. The van der Waals surface area contributed by atoms with Gasteiger partial charge in [0.15, 0.2) is 5.82 Å². The van der Waals surface area contributed by atoms with Gasteiger partial charge in [-0.3, -0.25) is 9.59 Å². The largest absolute Gasteiger partial charge is 0.496 e. The molecule has 0 atom stereocenters. The Morgan fingerprint density at radius 1 is 1.06 bits per heavy atom. The molecule has 4 aromatic rings. The van der Waals surface area contributed by atoms with E-state index < -0.39 is 0 Å². The number of methoxy groups -OCH3 is 1. The number of para-hydroxylation sites is 2. The smallest absolute Gasteiger partial charge is 0.255 e. The van der Waals surface area contributed by atoms with Crippen molar-refractivity contribution >= 4 is 33.4 Å². The van der Waals surface area contributed by atoms with E-state index in [0.29, 0.717) is 56.0 Å². The van der Waals surface area contributed by atoms with Crippen molar-refractivity contribution in [1.82, 2.24) is 30.0 Å². The van der Waals surface area contributed by atoms with E-state index in [4.69, 9.17) is 4.74 Å². The summed E-state index contributed by atoms with van der Waals surface area (Å²) < 4.78 is 8.42. The number of nitrogens with one attached hydrogen (secondary N) is 1. The van der Waals surface area contributed by atoms with Gasteiger partial charge >= 0.3 is 0 Å². The fraction of sp³-hybridized carbons (Fsp3) is 0.320. The first-order valence-corrected chi connectivity index (χ1v) is 12.4. The van der Waals surface area contributed by atoms with Gasteiger partial charge in [0.1, 0.15) is 11.6 Å². The molecule has 10 heteroatoms. The molecule has 1 aliphatic rings. The van der Waals surface area contributed by atoms with Gasteiger partial charge in [-0.2, -0.15) is 0 Å². The molecule has 0 aliphatic carbocycles. The Morgan fingerprint density at radius 3 is 2.74 bits per heavy atom. The van der Waals surface area contributed by atoms with E-state index in [9.17, 15) is 9.59 Å². The van der Waals surface area contributed by atoms with Crippen LogP contribution in [0.5, 0.6) is 5.75 Å². The molecule has 180 valence electrons. The van der Waals surface area contributed by atoms with Crippen LogP contribution < -0.4 is 10.1 Å². The number of carbonyl (C=O) groups is 2. The molecule has 0 radical (unpaired) electrons. The number of ether oxygens (including phenoxy) is 1. The van der Waals surface area contributed by atoms with E-state index in [0.717, 1.165) is 21.0 Å². The van der Waals surface area contributed by atoms with Crippen LogP contribution in [0.3, 0.4) is 0 Å². The van der Waals surface area contributed by atoms with Gasteiger partial charge in [0, 0.05) is 38.9 Å². The van der Waals surface area contributed by atoms with Crippen LogP contribution in [-0.4, -0.2) is 56.7 Å². The summed E-state index contributed by atoms with van der Waals surface area (Å²) in [7, 11) is 1.54. The van der Waals surface area contributed by atoms with Crippen molar-refractivity contribution in [3.8, 4) is 5.75 Å². The van der Waals surface area contributed by atoms with Gasteiger partial charge < -0.3 is 19.5 Å². The minimum Gasteiger partial charge on any atom is -0.496 e. The van der Waals surface area contributed by atoms with Gasteiger partial charge in [0.05, 0.1) is 34.4 Å². The summed E-state index contributed by atoms with van der Waals surface area (Å²) in [5, 5.41) is 12.5. The lowest BCUT2D eigenvalue weighted by molar-refractivity contribution is -0.131. The van der Waals surface area contributed by atoms with E-state index in [1.807, 2.05) is 33.7 Å². The second-order valence-corrected chi connectivity index (χ2v) is 9.39. The zero-order chi connectivity index (χ0) is 24.2. The third kappa shape index (κ3) is 5.02. The maximum Gasteiger partial charge on any atom is 0.255 e. The quantitative estimate of drug-likeness (QED) is 0.427. The maximum atomic E-state index is 12.9. The highest BCUT2D eigenvalue weighted by Crippen LogP contribution is 2.23. The fourth-order valence-corrected chi connectivity index (χ4v) is 5.22. The molecule has 0 unspecified atom stereocenters. The number of aromatic nitrogens is 4. The van der Waals surface area contributed by atoms with Crippen LogP contribution in [0, 0.1) is 0 Å². The number of aryl methyl sites for hydroxylation is 1. The van der Waals surface area contributed by atoms with Crippen LogP contribution in [0.15, 0.2) is 48.5 Å². The van der Waals surface area contributed by atoms with Gasteiger partial charge in [-0.1, -0.05) is 24.3 Å². The first-order valence-electron chi connectivity index (χ1n) is 11.6. The van der Waals surface area contributed by atoms with Gasteiger partial charge in [0.2, 0.25) is 5.91 Å². The lowest BCUT2D eigenvalue weighted by Crippen LogP contribution is -2.34. The highest BCUT2D eigenvalue weighted by Gasteiger charge is 2.22. The average molecular weight is 491 g/mol. The van der Waals surface area contributed by atoms with E-state index in [1.165, 1.54) is 7.11 Å². The number of hydrogen-bond acceptors (Lipinski definition) is 7. The summed E-state index contributed by atoms with van der Waals surface area (Å²) in [6.45, 7) is 2.02. The molecule has 2 amide bonds. The summed E-state index contributed by atoms with van der Waals surface area (Å²) in [5.41, 5.74) is 1.45. The molecule has 0 spiro atoms. The Morgan fingerprint density at radius 2 is 1.89 bits per heavy atom. The van der Waals surface area contributed by atoms with Crippen molar-refractivity contribution in [1.29, 1.82) is 0 Å². The number of amides is 2. The van der Waals surface area contributed by atoms with Crippen molar-refractivity contribution < 1.29 is 14.3 Å². The summed E-state index contributed by atoms with van der Waals surface area (Å²) >= 11 is 1.64. The number of fused-ring (bicyclic) bond motifs is 2. The minimum atomic E-state index is -0.236. The standard InChI is InChI=1S/C25H26N6O3S/c1-34-19-8-4-2-6-17(19)25(33)26-16-22-29-28-21-12-13-30(14-15-31(21)22)24(32)11-10-23-27-18-7-3-5-9-20(18)35-23/h2-9H,10-16H2,1H3,(H,26,33). The van der Waals surface area contributed by atoms with Crippen molar-refractivity contribution in [2.75, 3.05) is 20.2 Å². The number of carbonyl (C=O) groups excluding carboxylic acids is 2. The minimum absolute atomic E-state index is 0.119. The molecule has 3 heterocycles. The van der Waals surface area contributed by atoms with Gasteiger partial charge in [0.25, 0.3) is 5.91 Å². The number of rotatable bonds is 7. The highest BCUT2D eigenvalue weighted by atomic mass is 32.1. The third-order valence-electron chi connectivity index (χ3n) is 6.11. The normalized spacial score (nSPS) is 13.3. The Hall–Kier alpha value is -3.79. The summed E-state index contributed by atoms with van der Waals surface area (Å²) in [6, 6.07) is 15.1. The molecule has 0 saturated carbocycles. The van der Waals surface area contributed by atoms with E-state index in [2.05, 4.69) is 26.6 Å². The second-order valence-electron chi connectivity index (χ2n) is 8.27. The molecule has 2 aromatic carbocycles. The average Bonchev–Trinajstić information content (AvgIpc) is 3.42. The Kier molecular flexibility index (Phi) is 6.71. The highest BCUT2D eigenvalue weighted by molar-refractivity contribution is 7.18. The van der Waals surface area contributed by atoms with Crippen molar-refractivity contribution in [3.05, 3.63) is 70.8 Å². The lowest BCUT2D eigenvalue weighted by Gasteiger charge is -2.20. The first kappa shape index (κ1) is 23.0.